The molecule has 3 N–H and O–H groups in total. The monoisotopic (exact) mass is 405 g/mol. The fourth-order valence-electron chi connectivity index (χ4n) is 2.79. The van der Waals surface area contributed by atoms with Crippen molar-refractivity contribution in [2.45, 2.75) is 89.2 Å². The second-order valence-corrected chi connectivity index (χ2v) is 13.7. The van der Waals surface area contributed by atoms with Gasteiger partial charge in [0.25, 0.3) is 5.91 Å². The van der Waals surface area contributed by atoms with E-state index in [4.69, 9.17) is 23.7 Å². The van der Waals surface area contributed by atoms with Crippen LogP contribution in [0, 0.1) is 0 Å². The molecule has 1 amide bonds. The highest BCUT2D eigenvalue weighted by Gasteiger charge is 2.58. The summed E-state index contributed by atoms with van der Waals surface area (Å²) in [6, 6.07) is 0. The predicted molar refractivity (Wildman–Crippen MR) is 97.4 cm³/mol. The second kappa shape index (κ2) is 7.41. The molecule has 5 atom stereocenters. The fourth-order valence-corrected chi connectivity index (χ4v) is 4.02. The lowest BCUT2D eigenvalue weighted by molar-refractivity contribution is -0.224. The molecule has 9 nitrogen and oxygen atoms in total. The first-order chi connectivity index (χ1) is 12.1. The highest BCUT2D eigenvalue weighted by atomic mass is 28.4. The summed E-state index contributed by atoms with van der Waals surface area (Å²) in [5.74, 6) is -2.72. The predicted octanol–water partition coefficient (Wildman–Crippen LogP) is 0.815. The molecule has 0 spiro atoms. The quantitative estimate of drug-likeness (QED) is 0.555. The normalized spacial score (nSPS) is 31.4. The summed E-state index contributed by atoms with van der Waals surface area (Å²) in [5.41, 5.74) is 0. The van der Waals surface area contributed by atoms with Crippen LogP contribution < -0.4 is 5.32 Å². The van der Waals surface area contributed by atoms with Gasteiger partial charge < -0.3 is 34.2 Å². The third kappa shape index (κ3) is 4.87. The highest BCUT2D eigenvalue weighted by molar-refractivity contribution is 6.74. The van der Waals surface area contributed by atoms with Crippen molar-refractivity contribution in [2.24, 2.45) is 0 Å². The van der Waals surface area contributed by atoms with Crippen molar-refractivity contribution in [3.8, 4) is 0 Å². The summed E-state index contributed by atoms with van der Waals surface area (Å²) in [4.78, 5) is 23.5. The van der Waals surface area contributed by atoms with Gasteiger partial charge in [-0.1, -0.05) is 20.8 Å². The third-order valence-corrected chi connectivity index (χ3v) is 9.71. The molecule has 2 aliphatic heterocycles. The molecule has 0 aromatic rings. The first kappa shape index (κ1) is 22.2. The van der Waals surface area contributed by atoms with Gasteiger partial charge in [0.15, 0.2) is 26.5 Å². The molecule has 0 radical (unpaired) electrons. The summed E-state index contributed by atoms with van der Waals surface area (Å²) in [6.45, 7) is 12.8. The number of hydrogen-bond acceptors (Lipinski definition) is 7. The molecule has 2 heterocycles. The average Bonchev–Trinajstić information content (AvgIpc) is 2.94. The molecule has 10 heteroatoms. The van der Waals surface area contributed by atoms with Gasteiger partial charge in [0.1, 0.15) is 24.9 Å². The van der Waals surface area contributed by atoms with Gasteiger partial charge in [0.2, 0.25) is 0 Å². The number of amides is 1. The number of rotatable bonds is 6. The van der Waals surface area contributed by atoms with Gasteiger partial charge in [-0.05, 0) is 32.0 Å². The van der Waals surface area contributed by atoms with Gasteiger partial charge in [-0.15, -0.1) is 0 Å². The Hall–Kier alpha value is -1.04. The van der Waals surface area contributed by atoms with Crippen molar-refractivity contribution in [3.63, 3.8) is 0 Å². The molecule has 1 unspecified atom stereocenters. The number of aliphatic hydroxyl groups is 1. The van der Waals surface area contributed by atoms with Crippen LogP contribution in [0.2, 0.25) is 18.1 Å². The summed E-state index contributed by atoms with van der Waals surface area (Å²) in [6.07, 6.45) is -4.93. The van der Waals surface area contributed by atoms with Crippen LogP contribution in [0.25, 0.3) is 0 Å². The van der Waals surface area contributed by atoms with Crippen LogP contribution in [0.3, 0.4) is 0 Å². The molecule has 0 saturated carbocycles. The Labute approximate surface area is 160 Å². The van der Waals surface area contributed by atoms with E-state index in [1.54, 1.807) is 13.8 Å². The number of carbonyl (C=O) groups excluding carboxylic acids is 1. The molecular formula is C17H31NO8Si. The van der Waals surface area contributed by atoms with Crippen molar-refractivity contribution >= 4 is 20.2 Å². The van der Waals surface area contributed by atoms with Crippen LogP contribution >= 0.6 is 0 Å². The number of aliphatic carboxylic acids is 1. The van der Waals surface area contributed by atoms with E-state index in [0.717, 1.165) is 0 Å². The lowest BCUT2D eigenvalue weighted by atomic mass is 10.1. The van der Waals surface area contributed by atoms with E-state index in [-0.39, 0.29) is 5.04 Å². The Balaban J connectivity index is 2.22. The zero-order valence-corrected chi connectivity index (χ0v) is 17.9. The Morgan fingerprint density at radius 3 is 2.33 bits per heavy atom. The molecule has 2 aliphatic rings. The average molecular weight is 406 g/mol. The van der Waals surface area contributed by atoms with Crippen LogP contribution in [0.4, 0.5) is 0 Å². The number of nitrogens with one attached hydrogen (secondary N) is 1. The van der Waals surface area contributed by atoms with Crippen molar-refractivity contribution in [1.82, 2.24) is 5.32 Å². The lowest BCUT2D eigenvalue weighted by Crippen LogP contribution is -2.56. The van der Waals surface area contributed by atoms with Crippen LogP contribution in [-0.4, -0.2) is 73.4 Å². The van der Waals surface area contributed by atoms with Crippen LogP contribution in [0.15, 0.2) is 0 Å². The molecule has 0 aromatic carbocycles. The van der Waals surface area contributed by atoms with Crippen LogP contribution in [0.5, 0.6) is 0 Å². The number of aliphatic hydroxyl groups excluding tert-OH is 1. The molecule has 2 fully saturated rings. The largest absolute Gasteiger partial charge is 0.480 e. The highest BCUT2D eigenvalue weighted by Crippen LogP contribution is 2.42. The van der Waals surface area contributed by atoms with Gasteiger partial charge >= 0.3 is 5.97 Å². The van der Waals surface area contributed by atoms with Gasteiger partial charge in [0.05, 0.1) is 0 Å². The summed E-state index contributed by atoms with van der Waals surface area (Å²) in [5, 5.41) is 21.7. The molecule has 0 aromatic heterocycles. The van der Waals surface area contributed by atoms with Crippen LogP contribution in [-0.2, 0) is 28.2 Å². The lowest BCUT2D eigenvalue weighted by Gasteiger charge is -2.40. The van der Waals surface area contributed by atoms with E-state index in [1.807, 2.05) is 33.9 Å². The second-order valence-electron chi connectivity index (χ2n) is 8.97. The Morgan fingerprint density at radius 1 is 1.26 bits per heavy atom. The minimum Gasteiger partial charge on any atom is -0.480 e. The van der Waals surface area contributed by atoms with Crippen molar-refractivity contribution in [3.05, 3.63) is 0 Å². The van der Waals surface area contributed by atoms with Crippen molar-refractivity contribution < 1.29 is 38.4 Å². The molecule has 27 heavy (non-hydrogen) atoms. The number of carbonyl (C=O) groups is 2. The van der Waals surface area contributed by atoms with E-state index in [1.165, 1.54) is 0 Å². The van der Waals surface area contributed by atoms with Crippen LogP contribution in [0.1, 0.15) is 34.6 Å². The van der Waals surface area contributed by atoms with Crippen molar-refractivity contribution in [1.29, 1.82) is 0 Å². The van der Waals surface area contributed by atoms with Crippen molar-refractivity contribution in [2.75, 3.05) is 6.54 Å². The summed E-state index contributed by atoms with van der Waals surface area (Å²) >= 11 is 0. The van der Waals surface area contributed by atoms with Gasteiger partial charge in [-0.25, -0.2) is 0 Å². The topological polar surface area (TPSA) is 124 Å². The molecule has 0 bridgehead atoms. The number of hydrogen-bond donors (Lipinski definition) is 3. The molecule has 2 saturated heterocycles. The Kier molecular flexibility index (Phi) is 6.11. The minimum absolute atomic E-state index is 0.202. The van der Waals surface area contributed by atoms with E-state index in [2.05, 4.69) is 5.32 Å². The van der Waals surface area contributed by atoms with Gasteiger partial charge in [0, 0.05) is 0 Å². The van der Waals surface area contributed by atoms with E-state index in [0.29, 0.717) is 0 Å². The molecule has 2 rings (SSSR count). The van der Waals surface area contributed by atoms with Gasteiger partial charge in [-0.2, -0.15) is 0 Å². The SMILES string of the molecule is CC1(C)O[C@H]2O[C@H](C(O[Si](C)(C)C(C)(C)C)C(=O)NCC(=O)O)[C@H](O)[C@H]2O1. The molecular weight excluding hydrogens is 374 g/mol. The smallest absolute Gasteiger partial charge is 0.322 e. The first-order valence-corrected chi connectivity index (χ1v) is 11.9. The summed E-state index contributed by atoms with van der Waals surface area (Å²) in [7, 11) is -2.43. The number of carboxylic acids is 1. The number of carboxylic acid groups (broad SMARTS) is 1. The number of fused-ring (bicyclic) bond motifs is 1. The summed E-state index contributed by atoms with van der Waals surface area (Å²) < 4.78 is 23.3. The van der Waals surface area contributed by atoms with Gasteiger partial charge in [-0.3, -0.25) is 9.59 Å². The first-order valence-electron chi connectivity index (χ1n) is 9.01. The molecule has 0 aliphatic carbocycles. The maximum atomic E-state index is 12.7. The van der Waals surface area contributed by atoms with E-state index < -0.39 is 63.2 Å². The maximum Gasteiger partial charge on any atom is 0.322 e. The number of ether oxygens (including phenoxy) is 3. The van der Waals surface area contributed by atoms with E-state index in [9.17, 15) is 14.7 Å². The molecule has 156 valence electrons. The Morgan fingerprint density at radius 2 is 1.85 bits per heavy atom. The zero-order chi connectivity index (χ0) is 20.8. The zero-order valence-electron chi connectivity index (χ0n) is 16.9. The maximum absolute atomic E-state index is 12.7. The minimum atomic E-state index is -2.43. The Bertz CT molecular complexity index is 588. The fraction of sp³-hybridized carbons (Fsp3) is 0.882. The standard InChI is InChI=1S/C17H31NO8Si/c1-16(2,3)27(6,7)26-13(14(22)18-8-9(19)20)11-10(21)12-15(23-11)25-17(4,5)24-12/h10-13,15,21H,8H2,1-7H3,(H,18,22)(H,19,20)/t10-,11-,12+,13?,15+/m0/s1. The third-order valence-electron chi connectivity index (χ3n) is 5.25. The van der Waals surface area contributed by atoms with E-state index >= 15 is 0 Å².